The number of para-hydroxylation sites is 1. The van der Waals surface area contributed by atoms with Gasteiger partial charge in [0, 0.05) is 37.8 Å². The first-order chi connectivity index (χ1) is 11.8. The molecule has 1 aliphatic rings. The minimum absolute atomic E-state index is 0. The van der Waals surface area contributed by atoms with Gasteiger partial charge in [-0.1, -0.05) is 48.5 Å². The molecule has 2 aromatic carbocycles. The van der Waals surface area contributed by atoms with Gasteiger partial charge < -0.3 is 5.73 Å². The van der Waals surface area contributed by atoms with Gasteiger partial charge in [-0.25, -0.2) is 4.68 Å². The fraction of sp³-hybridized carbons (Fsp3) is 0.250. The standard InChI is InChI=1S/C20H22N4.ClH/c21-20-15-23(14-19(20)16-7-3-1-4-8-16)13-18-11-12-22-24(18)17-9-5-2-6-10-17;/h1-12,19-20H,13-15,21H2;1H/t19-,20+;/m0./s1. The molecule has 0 saturated carbocycles. The predicted octanol–water partition coefficient (Wildman–Crippen LogP) is 3.22. The van der Waals surface area contributed by atoms with Crippen molar-refractivity contribution in [3.63, 3.8) is 0 Å². The molecule has 1 aromatic heterocycles. The van der Waals surface area contributed by atoms with Gasteiger partial charge in [0.15, 0.2) is 0 Å². The summed E-state index contributed by atoms with van der Waals surface area (Å²) < 4.78 is 2.02. The molecule has 1 saturated heterocycles. The van der Waals surface area contributed by atoms with Gasteiger partial charge in [0.05, 0.1) is 11.4 Å². The van der Waals surface area contributed by atoms with Gasteiger partial charge in [-0.15, -0.1) is 12.4 Å². The van der Waals surface area contributed by atoms with E-state index in [9.17, 15) is 0 Å². The van der Waals surface area contributed by atoms with Crippen molar-refractivity contribution in [2.75, 3.05) is 13.1 Å². The first-order valence-electron chi connectivity index (χ1n) is 8.42. The highest BCUT2D eigenvalue weighted by atomic mass is 35.5. The molecule has 25 heavy (non-hydrogen) atoms. The van der Waals surface area contributed by atoms with Crippen molar-refractivity contribution >= 4 is 12.4 Å². The molecule has 5 heteroatoms. The Morgan fingerprint density at radius 2 is 1.60 bits per heavy atom. The van der Waals surface area contributed by atoms with E-state index in [1.54, 1.807) is 0 Å². The van der Waals surface area contributed by atoms with E-state index in [1.165, 1.54) is 11.3 Å². The second kappa shape index (κ2) is 7.83. The molecular formula is C20H23ClN4. The van der Waals surface area contributed by atoms with Gasteiger partial charge in [0.2, 0.25) is 0 Å². The molecule has 1 aliphatic heterocycles. The summed E-state index contributed by atoms with van der Waals surface area (Å²) in [5.74, 6) is 0.402. The summed E-state index contributed by atoms with van der Waals surface area (Å²) >= 11 is 0. The van der Waals surface area contributed by atoms with Crippen molar-refractivity contribution in [2.45, 2.75) is 18.5 Å². The van der Waals surface area contributed by atoms with Crippen molar-refractivity contribution in [1.29, 1.82) is 0 Å². The van der Waals surface area contributed by atoms with Crippen LogP contribution >= 0.6 is 12.4 Å². The third-order valence-corrected chi connectivity index (χ3v) is 4.78. The first kappa shape index (κ1) is 17.7. The first-order valence-corrected chi connectivity index (χ1v) is 8.42. The lowest BCUT2D eigenvalue weighted by molar-refractivity contribution is 0.316. The Bertz CT molecular complexity index is 788. The number of nitrogens with zero attached hydrogens (tertiary/aromatic N) is 3. The van der Waals surface area contributed by atoms with E-state index in [2.05, 4.69) is 58.5 Å². The van der Waals surface area contributed by atoms with Crippen LogP contribution in [0.1, 0.15) is 17.2 Å². The second-order valence-electron chi connectivity index (χ2n) is 6.45. The van der Waals surface area contributed by atoms with Crippen LogP contribution in [0, 0.1) is 0 Å². The Morgan fingerprint density at radius 3 is 2.32 bits per heavy atom. The third kappa shape index (κ3) is 3.76. The van der Waals surface area contributed by atoms with Gasteiger partial charge in [0.25, 0.3) is 0 Å². The number of halogens is 1. The molecular weight excluding hydrogens is 332 g/mol. The van der Waals surface area contributed by atoms with Crippen molar-refractivity contribution in [3.05, 3.63) is 84.2 Å². The molecule has 0 radical (unpaired) electrons. The van der Waals surface area contributed by atoms with Crippen LogP contribution in [0.2, 0.25) is 0 Å². The van der Waals surface area contributed by atoms with Crippen molar-refractivity contribution in [2.24, 2.45) is 5.73 Å². The van der Waals surface area contributed by atoms with Crippen LogP contribution in [0.4, 0.5) is 0 Å². The summed E-state index contributed by atoms with van der Waals surface area (Å²) in [4.78, 5) is 2.43. The van der Waals surface area contributed by atoms with E-state index in [-0.39, 0.29) is 18.4 Å². The SMILES string of the molecule is Cl.N[C@@H]1CN(Cc2ccnn2-c2ccccc2)C[C@H]1c1ccccc1. The van der Waals surface area contributed by atoms with E-state index < -0.39 is 0 Å². The smallest absolute Gasteiger partial charge is 0.0649 e. The number of hydrogen-bond acceptors (Lipinski definition) is 3. The van der Waals surface area contributed by atoms with Crippen LogP contribution < -0.4 is 5.73 Å². The molecule has 1 fully saturated rings. The lowest BCUT2D eigenvalue weighted by Gasteiger charge is -2.17. The summed E-state index contributed by atoms with van der Waals surface area (Å²) in [5.41, 5.74) is 10.0. The molecule has 2 heterocycles. The Hall–Kier alpha value is -2.14. The van der Waals surface area contributed by atoms with Crippen LogP contribution in [-0.2, 0) is 6.54 Å². The molecule has 4 rings (SSSR count). The number of rotatable bonds is 4. The molecule has 0 bridgehead atoms. The highest BCUT2D eigenvalue weighted by molar-refractivity contribution is 5.85. The number of nitrogens with two attached hydrogens (primary N) is 1. The quantitative estimate of drug-likeness (QED) is 0.782. The van der Waals surface area contributed by atoms with Crippen LogP contribution in [0.3, 0.4) is 0 Å². The van der Waals surface area contributed by atoms with Crippen LogP contribution in [0.25, 0.3) is 5.69 Å². The Labute approximate surface area is 154 Å². The van der Waals surface area contributed by atoms with Gasteiger partial charge in [-0.05, 0) is 23.8 Å². The molecule has 2 atom stereocenters. The molecule has 0 aliphatic carbocycles. The average molecular weight is 355 g/mol. The largest absolute Gasteiger partial charge is 0.326 e. The van der Waals surface area contributed by atoms with Gasteiger partial charge in [0.1, 0.15) is 0 Å². The van der Waals surface area contributed by atoms with Crippen LogP contribution in [0.5, 0.6) is 0 Å². The monoisotopic (exact) mass is 354 g/mol. The minimum atomic E-state index is 0. The Morgan fingerprint density at radius 1 is 0.920 bits per heavy atom. The van der Waals surface area contributed by atoms with Crippen LogP contribution in [-0.4, -0.2) is 33.8 Å². The molecule has 0 amide bonds. The van der Waals surface area contributed by atoms with E-state index >= 15 is 0 Å². The van der Waals surface area contributed by atoms with Crippen LogP contribution in [0.15, 0.2) is 72.9 Å². The lowest BCUT2D eigenvalue weighted by atomic mass is 9.95. The highest BCUT2D eigenvalue weighted by Gasteiger charge is 2.31. The van der Waals surface area contributed by atoms with Crippen molar-refractivity contribution in [1.82, 2.24) is 14.7 Å². The lowest BCUT2D eigenvalue weighted by Crippen LogP contribution is -2.29. The highest BCUT2D eigenvalue weighted by Crippen LogP contribution is 2.27. The molecule has 3 aromatic rings. The molecule has 0 unspecified atom stereocenters. The Balaban J connectivity index is 0.00000182. The van der Waals surface area contributed by atoms with Gasteiger partial charge in [-0.2, -0.15) is 5.10 Å². The maximum atomic E-state index is 6.42. The van der Waals surface area contributed by atoms with E-state index in [0.29, 0.717) is 5.92 Å². The minimum Gasteiger partial charge on any atom is -0.326 e. The van der Waals surface area contributed by atoms with E-state index in [1.807, 2.05) is 29.1 Å². The predicted molar refractivity (Wildman–Crippen MR) is 103 cm³/mol. The van der Waals surface area contributed by atoms with Gasteiger partial charge >= 0.3 is 0 Å². The topological polar surface area (TPSA) is 47.1 Å². The molecule has 130 valence electrons. The summed E-state index contributed by atoms with van der Waals surface area (Å²) in [6.45, 7) is 2.77. The summed E-state index contributed by atoms with van der Waals surface area (Å²) in [6, 6.07) is 23.1. The second-order valence-corrected chi connectivity index (χ2v) is 6.45. The van der Waals surface area contributed by atoms with Crippen molar-refractivity contribution < 1.29 is 0 Å². The summed E-state index contributed by atoms with van der Waals surface area (Å²) in [7, 11) is 0. The maximum Gasteiger partial charge on any atom is 0.0649 e. The normalized spacial score (nSPS) is 20.4. The summed E-state index contributed by atoms with van der Waals surface area (Å²) in [6.07, 6.45) is 1.87. The third-order valence-electron chi connectivity index (χ3n) is 4.78. The number of likely N-dealkylation sites (tertiary alicyclic amines) is 1. The zero-order valence-electron chi connectivity index (χ0n) is 14.0. The number of aromatic nitrogens is 2. The fourth-order valence-electron chi connectivity index (χ4n) is 3.58. The van der Waals surface area contributed by atoms with Crippen molar-refractivity contribution in [3.8, 4) is 5.69 Å². The zero-order valence-corrected chi connectivity index (χ0v) is 14.8. The Kier molecular flexibility index (Phi) is 5.53. The number of hydrogen-bond donors (Lipinski definition) is 1. The average Bonchev–Trinajstić information content (AvgIpc) is 3.23. The summed E-state index contributed by atoms with van der Waals surface area (Å²) in [5, 5.41) is 4.48. The van der Waals surface area contributed by atoms with E-state index in [0.717, 1.165) is 25.3 Å². The maximum absolute atomic E-state index is 6.42. The molecule has 0 spiro atoms. The van der Waals surface area contributed by atoms with E-state index in [4.69, 9.17) is 5.73 Å². The zero-order chi connectivity index (χ0) is 16.4. The van der Waals surface area contributed by atoms with Gasteiger partial charge in [-0.3, -0.25) is 4.90 Å². The number of benzene rings is 2. The molecule has 2 N–H and O–H groups in total. The fourth-order valence-corrected chi connectivity index (χ4v) is 3.58. The molecule has 4 nitrogen and oxygen atoms in total.